The largest absolute Gasteiger partial charge is 0.453 e. The van der Waals surface area contributed by atoms with Crippen molar-refractivity contribution in [1.29, 1.82) is 0 Å². The zero-order valence-corrected chi connectivity index (χ0v) is 4.18. The fourth-order valence-electron chi connectivity index (χ4n) is 0.362. The number of nitrogens with zero attached hydrogens (tertiary/aromatic N) is 1. The molecule has 1 fully saturated rings. The molecule has 0 aromatic heterocycles. The van der Waals surface area contributed by atoms with Crippen LogP contribution >= 0.6 is 0 Å². The molecule has 3 heteroatoms. The average molecular weight is 101 g/mol. The van der Waals surface area contributed by atoms with Crippen LogP contribution in [0.5, 0.6) is 0 Å². The molecule has 40 valence electrons. The Kier molecular flexibility index (Phi) is 0.889. The molecule has 0 aliphatic carbocycles. The second-order valence-electron chi connectivity index (χ2n) is 1.46. The fraction of sp³-hybridized carbons (Fsp3) is 0.750. The highest BCUT2D eigenvalue weighted by Crippen LogP contribution is 2.03. The van der Waals surface area contributed by atoms with Gasteiger partial charge in [-0.3, -0.25) is 0 Å². The zero-order chi connectivity index (χ0) is 5.28. The van der Waals surface area contributed by atoms with Gasteiger partial charge in [-0.05, 0) is 0 Å². The van der Waals surface area contributed by atoms with E-state index in [1.165, 1.54) is 7.11 Å². The highest BCUT2D eigenvalue weighted by atomic mass is 16.5. The molecule has 0 aromatic carbocycles. The summed E-state index contributed by atoms with van der Waals surface area (Å²) >= 11 is 0. The minimum Gasteiger partial charge on any atom is -0.453 e. The van der Waals surface area contributed by atoms with Crippen LogP contribution in [0.1, 0.15) is 0 Å². The standard InChI is InChI=1S/C4H7NO2/c1-7-4(6)5-2-3-5/h2-3H2,1H3. The summed E-state index contributed by atoms with van der Waals surface area (Å²) in [6.07, 6.45) is -0.208. The lowest BCUT2D eigenvalue weighted by Crippen LogP contribution is -2.08. The van der Waals surface area contributed by atoms with Gasteiger partial charge < -0.3 is 9.64 Å². The van der Waals surface area contributed by atoms with Gasteiger partial charge in [-0.25, -0.2) is 4.79 Å². The zero-order valence-electron chi connectivity index (χ0n) is 4.18. The SMILES string of the molecule is COC(=O)N1CC1. The van der Waals surface area contributed by atoms with E-state index < -0.39 is 0 Å². The predicted octanol–water partition coefficient (Wildman–Crippen LogP) is 0.0684. The third-order valence-electron chi connectivity index (χ3n) is 0.880. The Morgan fingerprint density at radius 3 is 2.43 bits per heavy atom. The highest BCUT2D eigenvalue weighted by Gasteiger charge is 2.23. The number of carbonyl (C=O) groups excluding carboxylic acids is 1. The molecule has 7 heavy (non-hydrogen) atoms. The van der Waals surface area contributed by atoms with Crippen molar-refractivity contribution in [2.45, 2.75) is 0 Å². The van der Waals surface area contributed by atoms with Crippen molar-refractivity contribution >= 4 is 6.09 Å². The summed E-state index contributed by atoms with van der Waals surface area (Å²) in [5.41, 5.74) is 0. The number of ether oxygens (including phenoxy) is 1. The maximum atomic E-state index is 10.3. The first-order valence-corrected chi connectivity index (χ1v) is 2.17. The van der Waals surface area contributed by atoms with Crippen LogP contribution in [-0.2, 0) is 4.74 Å². The minimum absolute atomic E-state index is 0.208. The molecular formula is C4H7NO2. The Morgan fingerprint density at radius 2 is 2.29 bits per heavy atom. The Bertz CT molecular complexity index is 87.7. The van der Waals surface area contributed by atoms with Crippen LogP contribution in [0.3, 0.4) is 0 Å². The van der Waals surface area contributed by atoms with E-state index in [1.54, 1.807) is 4.90 Å². The Labute approximate surface area is 41.9 Å². The van der Waals surface area contributed by atoms with Crippen LogP contribution < -0.4 is 0 Å². The second kappa shape index (κ2) is 1.40. The topological polar surface area (TPSA) is 29.3 Å². The van der Waals surface area contributed by atoms with Gasteiger partial charge in [0.25, 0.3) is 0 Å². The second-order valence-corrected chi connectivity index (χ2v) is 1.46. The van der Waals surface area contributed by atoms with E-state index in [0.717, 1.165) is 13.1 Å². The van der Waals surface area contributed by atoms with Crippen LogP contribution in [0.25, 0.3) is 0 Å². The van der Waals surface area contributed by atoms with Gasteiger partial charge in [0.2, 0.25) is 0 Å². The number of rotatable bonds is 0. The summed E-state index contributed by atoms with van der Waals surface area (Å²) in [6, 6.07) is 0. The number of methoxy groups -OCH3 is 1. The third-order valence-corrected chi connectivity index (χ3v) is 0.880. The van der Waals surface area contributed by atoms with Crippen molar-refractivity contribution in [2.24, 2.45) is 0 Å². The summed E-state index contributed by atoms with van der Waals surface area (Å²) in [7, 11) is 1.39. The summed E-state index contributed by atoms with van der Waals surface area (Å²) in [5.74, 6) is 0. The monoisotopic (exact) mass is 101 g/mol. The van der Waals surface area contributed by atoms with Gasteiger partial charge in [-0.1, -0.05) is 0 Å². The summed E-state index contributed by atoms with van der Waals surface area (Å²) in [4.78, 5) is 11.9. The van der Waals surface area contributed by atoms with E-state index in [2.05, 4.69) is 4.74 Å². The van der Waals surface area contributed by atoms with Crippen LogP contribution in [0, 0.1) is 0 Å². The van der Waals surface area contributed by atoms with Crippen molar-refractivity contribution < 1.29 is 9.53 Å². The molecule has 0 N–H and O–H groups in total. The molecule has 0 saturated carbocycles. The Balaban J connectivity index is 2.24. The summed E-state index contributed by atoms with van der Waals surface area (Å²) in [6.45, 7) is 1.74. The molecular weight excluding hydrogens is 94.0 g/mol. The Morgan fingerprint density at radius 1 is 1.71 bits per heavy atom. The first kappa shape index (κ1) is 4.43. The third kappa shape index (κ3) is 0.824. The molecule has 1 saturated heterocycles. The van der Waals surface area contributed by atoms with Gasteiger partial charge in [0, 0.05) is 13.1 Å². The van der Waals surface area contributed by atoms with E-state index in [9.17, 15) is 4.79 Å². The number of hydrogen-bond donors (Lipinski definition) is 0. The molecule has 1 rings (SSSR count). The molecule has 1 aliphatic heterocycles. The van der Waals surface area contributed by atoms with E-state index in [1.807, 2.05) is 0 Å². The minimum atomic E-state index is -0.208. The quantitative estimate of drug-likeness (QED) is 0.404. The molecule has 0 spiro atoms. The maximum absolute atomic E-state index is 10.3. The predicted molar refractivity (Wildman–Crippen MR) is 24.0 cm³/mol. The van der Waals surface area contributed by atoms with Crippen LogP contribution in [-0.4, -0.2) is 31.2 Å². The number of hydrogen-bond acceptors (Lipinski definition) is 2. The van der Waals surface area contributed by atoms with Crippen molar-refractivity contribution in [3.05, 3.63) is 0 Å². The molecule has 0 unspecified atom stereocenters. The van der Waals surface area contributed by atoms with Crippen molar-refractivity contribution in [3.8, 4) is 0 Å². The van der Waals surface area contributed by atoms with Crippen LogP contribution in [0.2, 0.25) is 0 Å². The smallest absolute Gasteiger partial charge is 0.409 e. The van der Waals surface area contributed by atoms with Gasteiger partial charge in [0.05, 0.1) is 7.11 Å². The van der Waals surface area contributed by atoms with Gasteiger partial charge >= 0.3 is 6.09 Å². The molecule has 0 atom stereocenters. The molecule has 1 aliphatic rings. The lowest BCUT2D eigenvalue weighted by atomic mass is 11.0. The maximum Gasteiger partial charge on any atom is 0.409 e. The van der Waals surface area contributed by atoms with Gasteiger partial charge in [0.1, 0.15) is 0 Å². The average Bonchev–Trinajstić information content (AvgIpc) is 2.44. The van der Waals surface area contributed by atoms with Gasteiger partial charge in [0.15, 0.2) is 0 Å². The lowest BCUT2D eigenvalue weighted by Gasteiger charge is -1.94. The fourth-order valence-corrected chi connectivity index (χ4v) is 0.362. The van der Waals surface area contributed by atoms with Crippen molar-refractivity contribution in [3.63, 3.8) is 0 Å². The van der Waals surface area contributed by atoms with E-state index in [4.69, 9.17) is 0 Å². The molecule has 1 amide bonds. The molecule has 0 bridgehead atoms. The molecule has 0 aromatic rings. The van der Waals surface area contributed by atoms with Crippen molar-refractivity contribution in [1.82, 2.24) is 4.90 Å². The molecule has 0 radical (unpaired) electrons. The molecule has 1 heterocycles. The normalized spacial score (nSPS) is 16.4. The van der Waals surface area contributed by atoms with E-state index in [-0.39, 0.29) is 6.09 Å². The van der Waals surface area contributed by atoms with Gasteiger partial charge in [-0.15, -0.1) is 0 Å². The summed E-state index contributed by atoms with van der Waals surface area (Å²) < 4.78 is 4.36. The Hall–Kier alpha value is -0.730. The molecule has 3 nitrogen and oxygen atoms in total. The van der Waals surface area contributed by atoms with Gasteiger partial charge in [-0.2, -0.15) is 0 Å². The van der Waals surface area contributed by atoms with Crippen LogP contribution in [0.4, 0.5) is 4.79 Å². The number of carbonyl (C=O) groups is 1. The van der Waals surface area contributed by atoms with E-state index >= 15 is 0 Å². The number of amides is 1. The first-order chi connectivity index (χ1) is 3.34. The van der Waals surface area contributed by atoms with E-state index in [0.29, 0.717) is 0 Å². The lowest BCUT2D eigenvalue weighted by molar-refractivity contribution is 0.155. The highest BCUT2D eigenvalue weighted by molar-refractivity contribution is 5.69. The summed E-state index contributed by atoms with van der Waals surface area (Å²) in [5, 5.41) is 0. The van der Waals surface area contributed by atoms with Crippen LogP contribution in [0.15, 0.2) is 0 Å². The first-order valence-electron chi connectivity index (χ1n) is 2.17. The van der Waals surface area contributed by atoms with Crippen molar-refractivity contribution in [2.75, 3.05) is 20.2 Å².